The molecule has 2 fully saturated rings. The largest absolute Gasteiger partial charge is 0.474 e. The monoisotopic (exact) mass is 622 g/mol. The van der Waals surface area contributed by atoms with Crippen LogP contribution in [0.25, 0.3) is 0 Å². The molecule has 39 heavy (non-hydrogen) atoms. The van der Waals surface area contributed by atoms with Crippen molar-refractivity contribution in [2.24, 2.45) is 5.92 Å². The van der Waals surface area contributed by atoms with Crippen LogP contribution in [0.5, 0.6) is 5.88 Å². The molecule has 2 aromatic heterocycles. The minimum absolute atomic E-state index is 0.125. The van der Waals surface area contributed by atoms with Gasteiger partial charge in [0.15, 0.2) is 0 Å². The van der Waals surface area contributed by atoms with Crippen molar-refractivity contribution >= 4 is 44.8 Å². The van der Waals surface area contributed by atoms with E-state index in [0.29, 0.717) is 36.2 Å². The predicted octanol–water partition coefficient (Wildman–Crippen LogP) is 7.34. The molecular weight excluding hydrogens is 576 g/mol. The predicted molar refractivity (Wildman–Crippen MR) is 166 cm³/mol. The SMILES string of the molecule is C1CCC1.CC.CC.CNC(=O)C(CC1CCCC1)NC(=O)c1ccc(CN2CCOc3ncc(Br)cc32)s1. The van der Waals surface area contributed by atoms with E-state index in [4.69, 9.17) is 4.74 Å². The Morgan fingerprint density at radius 1 is 1.10 bits per heavy atom. The Balaban J connectivity index is 0.000000589. The molecule has 2 amide bonds. The smallest absolute Gasteiger partial charge is 0.262 e. The molecule has 0 bridgehead atoms. The molecule has 0 saturated heterocycles. The summed E-state index contributed by atoms with van der Waals surface area (Å²) in [6.45, 7) is 10.0. The summed E-state index contributed by atoms with van der Waals surface area (Å²) in [5.74, 6) is 0.829. The molecule has 1 atom stereocenters. The lowest BCUT2D eigenvalue weighted by atomic mass is 9.98. The Kier molecular flexibility index (Phi) is 15.5. The van der Waals surface area contributed by atoms with E-state index in [1.54, 1.807) is 13.2 Å². The Hall–Kier alpha value is -2.13. The van der Waals surface area contributed by atoms with E-state index in [1.807, 2.05) is 45.9 Å². The van der Waals surface area contributed by atoms with Gasteiger partial charge in [0, 0.05) is 22.6 Å². The second-order valence-electron chi connectivity index (χ2n) is 9.45. The zero-order valence-electron chi connectivity index (χ0n) is 24.4. The van der Waals surface area contributed by atoms with Crippen LogP contribution in [-0.2, 0) is 11.3 Å². The fraction of sp³-hybridized carbons (Fsp3) is 0.633. The normalized spacial score (nSPS) is 16.3. The van der Waals surface area contributed by atoms with Gasteiger partial charge < -0.3 is 20.3 Å². The molecule has 2 aromatic rings. The molecule has 7 nitrogen and oxygen atoms in total. The van der Waals surface area contributed by atoms with Gasteiger partial charge in [-0.15, -0.1) is 11.3 Å². The molecule has 2 aliphatic carbocycles. The van der Waals surface area contributed by atoms with Crippen LogP contribution in [0.15, 0.2) is 28.9 Å². The van der Waals surface area contributed by atoms with Crippen LogP contribution in [0, 0.1) is 5.92 Å². The maximum Gasteiger partial charge on any atom is 0.262 e. The summed E-state index contributed by atoms with van der Waals surface area (Å²) in [5.41, 5.74) is 0.941. The zero-order valence-corrected chi connectivity index (χ0v) is 26.8. The number of anilines is 1. The molecule has 2 N–H and O–H groups in total. The highest BCUT2D eigenvalue weighted by atomic mass is 79.9. The number of carbonyl (C=O) groups excluding carboxylic acids is 2. The van der Waals surface area contributed by atoms with Crippen molar-refractivity contribution in [3.63, 3.8) is 0 Å². The number of pyridine rings is 1. The lowest BCUT2D eigenvalue weighted by Crippen LogP contribution is -2.46. The summed E-state index contributed by atoms with van der Waals surface area (Å²) in [4.78, 5) is 33.4. The number of rotatable bonds is 7. The number of ether oxygens (including phenoxy) is 1. The van der Waals surface area contributed by atoms with Gasteiger partial charge in [-0.1, -0.05) is 79.1 Å². The van der Waals surface area contributed by atoms with Crippen molar-refractivity contribution in [1.29, 1.82) is 0 Å². The van der Waals surface area contributed by atoms with Crippen LogP contribution >= 0.6 is 27.3 Å². The van der Waals surface area contributed by atoms with Crippen molar-refractivity contribution in [3.8, 4) is 5.88 Å². The molecule has 5 rings (SSSR count). The number of nitrogens with one attached hydrogen (secondary N) is 2. The minimum atomic E-state index is -0.485. The molecule has 0 radical (unpaired) electrons. The van der Waals surface area contributed by atoms with Crippen LogP contribution in [0.2, 0.25) is 0 Å². The lowest BCUT2D eigenvalue weighted by Gasteiger charge is -2.30. The maximum atomic E-state index is 12.9. The first-order chi connectivity index (χ1) is 19.0. The number of aromatic nitrogens is 1. The summed E-state index contributed by atoms with van der Waals surface area (Å²) in [6.07, 6.45) is 13.1. The summed E-state index contributed by atoms with van der Waals surface area (Å²) in [5, 5.41) is 5.65. The fourth-order valence-corrected chi connectivity index (χ4v) is 5.77. The Bertz CT molecular complexity index is 1000. The second-order valence-corrected chi connectivity index (χ2v) is 11.5. The van der Waals surface area contributed by atoms with Gasteiger partial charge in [0.1, 0.15) is 18.3 Å². The van der Waals surface area contributed by atoms with E-state index in [2.05, 4.69) is 36.4 Å². The van der Waals surface area contributed by atoms with Gasteiger partial charge in [-0.05, 0) is 46.5 Å². The molecule has 3 heterocycles. The van der Waals surface area contributed by atoms with Gasteiger partial charge in [0.05, 0.1) is 18.0 Å². The van der Waals surface area contributed by atoms with Gasteiger partial charge >= 0.3 is 0 Å². The highest BCUT2D eigenvalue weighted by molar-refractivity contribution is 9.10. The van der Waals surface area contributed by atoms with E-state index in [9.17, 15) is 9.59 Å². The number of fused-ring (bicyclic) bond motifs is 1. The Morgan fingerprint density at radius 3 is 2.38 bits per heavy atom. The number of carbonyl (C=O) groups is 2. The average molecular weight is 624 g/mol. The van der Waals surface area contributed by atoms with Gasteiger partial charge in [-0.2, -0.15) is 0 Å². The third-order valence-corrected chi connectivity index (χ3v) is 8.39. The van der Waals surface area contributed by atoms with E-state index in [0.717, 1.165) is 34.4 Å². The minimum Gasteiger partial charge on any atom is -0.474 e. The topological polar surface area (TPSA) is 83.6 Å². The number of hydrogen-bond donors (Lipinski definition) is 2. The van der Waals surface area contributed by atoms with Gasteiger partial charge in [0.2, 0.25) is 11.8 Å². The molecule has 3 aliphatic rings. The first-order valence-corrected chi connectivity index (χ1v) is 16.3. The number of amides is 2. The fourth-order valence-electron chi connectivity index (χ4n) is 4.53. The zero-order chi connectivity index (χ0) is 28.6. The first-order valence-electron chi connectivity index (χ1n) is 14.7. The lowest BCUT2D eigenvalue weighted by molar-refractivity contribution is -0.122. The van der Waals surface area contributed by atoms with Crippen LogP contribution < -0.4 is 20.3 Å². The highest BCUT2D eigenvalue weighted by Gasteiger charge is 2.27. The molecule has 9 heteroatoms. The molecule has 2 saturated carbocycles. The standard InChI is InChI=1S/C22H27BrN4O3S.C4H8.2C2H6/c1-24-20(28)17(10-14-4-2-3-5-14)26-21(29)19-7-6-16(31-19)13-27-8-9-30-22-18(27)11-15(23)12-25-22;1-2-4-3-1;2*1-2/h6-7,11-12,14,17H,2-5,8-10,13H2,1H3,(H,24,28)(H,26,29);1-4H2;2*1-2H3. The molecule has 0 spiro atoms. The van der Waals surface area contributed by atoms with Crippen molar-refractivity contribution in [3.05, 3.63) is 38.6 Å². The quantitative estimate of drug-likeness (QED) is 0.337. The molecule has 218 valence electrons. The Labute approximate surface area is 247 Å². The third-order valence-electron chi connectivity index (χ3n) is 6.88. The number of nitrogens with zero attached hydrogens (tertiary/aromatic N) is 2. The van der Waals surface area contributed by atoms with Crippen LogP contribution in [0.1, 0.15) is 100 Å². The molecule has 1 unspecified atom stereocenters. The molecule has 1 aliphatic heterocycles. The van der Waals surface area contributed by atoms with Gasteiger partial charge in [0.25, 0.3) is 5.91 Å². The van der Waals surface area contributed by atoms with E-state index >= 15 is 0 Å². The summed E-state index contributed by atoms with van der Waals surface area (Å²) >= 11 is 4.93. The van der Waals surface area contributed by atoms with E-state index in [1.165, 1.54) is 49.9 Å². The van der Waals surface area contributed by atoms with Crippen LogP contribution in [0.3, 0.4) is 0 Å². The van der Waals surface area contributed by atoms with Crippen molar-refractivity contribution in [2.45, 2.75) is 98.1 Å². The van der Waals surface area contributed by atoms with E-state index < -0.39 is 6.04 Å². The second kappa shape index (κ2) is 18.3. The van der Waals surface area contributed by atoms with E-state index in [-0.39, 0.29) is 11.8 Å². The van der Waals surface area contributed by atoms with Gasteiger partial charge in [-0.3, -0.25) is 9.59 Å². The average Bonchev–Trinajstić information content (AvgIpc) is 3.62. The van der Waals surface area contributed by atoms with Gasteiger partial charge in [-0.25, -0.2) is 4.98 Å². The summed E-state index contributed by atoms with van der Waals surface area (Å²) < 4.78 is 6.55. The number of hydrogen-bond acceptors (Lipinski definition) is 6. The first kappa shape index (κ1) is 33.1. The van der Waals surface area contributed by atoms with Crippen molar-refractivity contribution < 1.29 is 14.3 Å². The number of thiophene rings is 1. The number of halogens is 1. The Morgan fingerprint density at radius 2 is 1.77 bits per heavy atom. The third kappa shape index (κ3) is 10.4. The van der Waals surface area contributed by atoms with Crippen molar-refractivity contribution in [1.82, 2.24) is 15.6 Å². The maximum absolute atomic E-state index is 12.9. The summed E-state index contributed by atoms with van der Waals surface area (Å²) in [7, 11) is 1.62. The van der Waals surface area contributed by atoms with Crippen molar-refractivity contribution in [2.75, 3.05) is 25.1 Å². The van der Waals surface area contributed by atoms with Crippen LogP contribution in [-0.4, -0.2) is 43.0 Å². The number of likely N-dealkylation sites (N-methyl/N-ethyl adjacent to an activating group) is 1. The molecule has 0 aromatic carbocycles. The summed E-state index contributed by atoms with van der Waals surface area (Å²) in [6, 6.07) is 5.33. The molecular formula is C30H47BrN4O3S. The van der Waals surface area contributed by atoms with Crippen LogP contribution in [0.4, 0.5) is 5.69 Å². The highest BCUT2D eigenvalue weighted by Crippen LogP contribution is 2.34.